The normalized spacial score (nSPS) is 11.7. The van der Waals surface area contributed by atoms with Crippen molar-refractivity contribution in [3.8, 4) is 0 Å². The summed E-state index contributed by atoms with van der Waals surface area (Å²) in [5.41, 5.74) is 4.93. The molecule has 0 aliphatic carbocycles. The number of amides is 3. The molecule has 3 amide bonds. The molecule has 110 valence electrons. The first-order valence-corrected chi connectivity index (χ1v) is 6.76. The lowest BCUT2D eigenvalue weighted by Gasteiger charge is -2.20. The van der Waals surface area contributed by atoms with Gasteiger partial charge in [-0.2, -0.15) is 0 Å². The number of hydrogen-bond acceptors (Lipinski definition) is 4. The van der Waals surface area contributed by atoms with Gasteiger partial charge in [0.1, 0.15) is 6.04 Å². The molecule has 0 bridgehead atoms. The Hall–Kier alpha value is -1.80. The summed E-state index contributed by atoms with van der Waals surface area (Å²) in [7, 11) is 1.51. The second-order valence-corrected chi connectivity index (χ2v) is 5.87. The van der Waals surface area contributed by atoms with E-state index in [0.29, 0.717) is 4.34 Å². The summed E-state index contributed by atoms with van der Waals surface area (Å²) in [5, 5.41) is 11.1. The molecule has 0 fully saturated rings. The van der Waals surface area contributed by atoms with E-state index in [4.69, 9.17) is 22.4 Å². The first-order chi connectivity index (χ1) is 9.29. The van der Waals surface area contributed by atoms with Gasteiger partial charge in [-0.3, -0.25) is 4.79 Å². The number of carboxylic acid groups (broad SMARTS) is 1. The van der Waals surface area contributed by atoms with Gasteiger partial charge in [0.15, 0.2) is 0 Å². The Balaban J connectivity index is 2.59. The van der Waals surface area contributed by atoms with E-state index in [-0.39, 0.29) is 6.54 Å². The fourth-order valence-electron chi connectivity index (χ4n) is 1.40. The first-order valence-electron chi connectivity index (χ1n) is 5.56. The second kappa shape index (κ2) is 7.11. The lowest BCUT2D eigenvalue weighted by molar-refractivity contribution is -0.140. The van der Waals surface area contributed by atoms with E-state index in [9.17, 15) is 14.4 Å². The van der Waals surface area contributed by atoms with E-state index < -0.39 is 30.4 Å². The van der Waals surface area contributed by atoms with Crippen molar-refractivity contribution in [2.45, 2.75) is 19.0 Å². The number of nitrogens with zero attached hydrogens (tertiary/aromatic N) is 1. The van der Waals surface area contributed by atoms with Gasteiger partial charge >= 0.3 is 12.0 Å². The quantitative estimate of drug-likeness (QED) is 0.722. The molecular formula is C11H14ClN3O4S. The smallest absolute Gasteiger partial charge is 0.326 e. The number of primary amides is 1. The van der Waals surface area contributed by atoms with Crippen LogP contribution in [0.5, 0.6) is 0 Å². The molecule has 1 atom stereocenters. The molecule has 0 unspecified atom stereocenters. The molecule has 0 radical (unpaired) electrons. The summed E-state index contributed by atoms with van der Waals surface area (Å²) in [4.78, 5) is 35.6. The molecule has 1 heterocycles. The number of urea groups is 1. The van der Waals surface area contributed by atoms with Gasteiger partial charge in [0.25, 0.3) is 0 Å². The lowest BCUT2D eigenvalue weighted by Crippen LogP contribution is -2.47. The third kappa shape index (κ3) is 5.06. The number of carbonyl (C=O) groups excluding carboxylic acids is 2. The average molecular weight is 320 g/mol. The summed E-state index contributed by atoms with van der Waals surface area (Å²) in [6.45, 7) is 0.284. The molecule has 7 nitrogen and oxygen atoms in total. The van der Waals surface area contributed by atoms with Gasteiger partial charge in [0.2, 0.25) is 5.91 Å². The van der Waals surface area contributed by atoms with E-state index in [1.54, 1.807) is 12.1 Å². The highest BCUT2D eigenvalue weighted by molar-refractivity contribution is 7.16. The fourth-order valence-corrected chi connectivity index (χ4v) is 2.54. The van der Waals surface area contributed by atoms with Crippen molar-refractivity contribution >= 4 is 40.8 Å². The van der Waals surface area contributed by atoms with Crippen LogP contribution in [0.2, 0.25) is 4.34 Å². The van der Waals surface area contributed by atoms with Gasteiger partial charge in [0.05, 0.1) is 17.3 Å². The number of carbonyl (C=O) groups is 3. The van der Waals surface area contributed by atoms with Crippen molar-refractivity contribution in [2.24, 2.45) is 5.73 Å². The maximum absolute atomic E-state index is 11.8. The maximum atomic E-state index is 11.8. The molecule has 0 aliphatic heterocycles. The van der Waals surface area contributed by atoms with Crippen LogP contribution in [0.4, 0.5) is 4.79 Å². The molecule has 0 aliphatic rings. The summed E-state index contributed by atoms with van der Waals surface area (Å²) in [6, 6.07) is 1.53. The Morgan fingerprint density at radius 3 is 2.60 bits per heavy atom. The molecule has 0 spiro atoms. The molecule has 1 rings (SSSR count). The van der Waals surface area contributed by atoms with Gasteiger partial charge in [-0.05, 0) is 12.1 Å². The summed E-state index contributed by atoms with van der Waals surface area (Å²) < 4.78 is 0.603. The SMILES string of the molecule is CN(Cc1ccc(Cl)s1)C(=O)N[C@@H](CC(N)=O)C(=O)O. The van der Waals surface area contributed by atoms with Crippen LogP contribution >= 0.6 is 22.9 Å². The predicted molar refractivity (Wildman–Crippen MR) is 74.6 cm³/mol. The van der Waals surface area contributed by atoms with Gasteiger partial charge in [-0.15, -0.1) is 11.3 Å². The third-order valence-corrected chi connectivity index (χ3v) is 3.59. The van der Waals surface area contributed by atoms with Crippen LogP contribution in [0.1, 0.15) is 11.3 Å². The van der Waals surface area contributed by atoms with Crippen LogP contribution in [0.3, 0.4) is 0 Å². The average Bonchev–Trinajstić information content (AvgIpc) is 2.72. The van der Waals surface area contributed by atoms with Gasteiger partial charge < -0.3 is 21.1 Å². The van der Waals surface area contributed by atoms with Crippen LogP contribution in [0.25, 0.3) is 0 Å². The summed E-state index contributed by atoms with van der Waals surface area (Å²) >= 11 is 7.10. The molecule has 9 heteroatoms. The number of rotatable bonds is 6. The van der Waals surface area contributed by atoms with Crippen LogP contribution < -0.4 is 11.1 Å². The van der Waals surface area contributed by atoms with E-state index in [1.807, 2.05) is 0 Å². The van der Waals surface area contributed by atoms with E-state index in [0.717, 1.165) is 4.88 Å². The first kappa shape index (κ1) is 16.3. The van der Waals surface area contributed by atoms with E-state index in [2.05, 4.69) is 5.32 Å². The van der Waals surface area contributed by atoms with Crippen molar-refractivity contribution in [1.82, 2.24) is 10.2 Å². The molecule has 0 saturated carbocycles. The Morgan fingerprint density at radius 2 is 2.15 bits per heavy atom. The monoisotopic (exact) mass is 319 g/mol. The van der Waals surface area contributed by atoms with Crippen LogP contribution in [-0.4, -0.2) is 41.0 Å². The number of nitrogens with two attached hydrogens (primary N) is 1. The van der Waals surface area contributed by atoms with Crippen molar-refractivity contribution in [3.63, 3.8) is 0 Å². The minimum absolute atomic E-state index is 0.284. The minimum Gasteiger partial charge on any atom is -0.480 e. The Kier molecular flexibility index (Phi) is 5.78. The zero-order valence-electron chi connectivity index (χ0n) is 10.6. The zero-order chi connectivity index (χ0) is 15.3. The lowest BCUT2D eigenvalue weighted by atomic mass is 10.2. The van der Waals surface area contributed by atoms with Gasteiger partial charge in [-0.25, -0.2) is 9.59 Å². The summed E-state index contributed by atoms with van der Waals surface area (Å²) in [5.74, 6) is -2.12. The number of halogens is 1. The molecule has 0 aromatic carbocycles. The van der Waals surface area contributed by atoms with Gasteiger partial charge in [-0.1, -0.05) is 11.6 Å². The second-order valence-electron chi connectivity index (χ2n) is 4.07. The highest BCUT2D eigenvalue weighted by Gasteiger charge is 2.23. The maximum Gasteiger partial charge on any atom is 0.326 e. The number of nitrogens with one attached hydrogen (secondary N) is 1. The zero-order valence-corrected chi connectivity index (χ0v) is 12.2. The fraction of sp³-hybridized carbons (Fsp3) is 0.364. The highest BCUT2D eigenvalue weighted by Crippen LogP contribution is 2.22. The Bertz CT molecular complexity index is 520. The number of hydrogen-bond donors (Lipinski definition) is 3. The molecule has 1 aromatic rings. The van der Waals surface area contributed by atoms with Crippen molar-refractivity contribution in [2.75, 3.05) is 7.05 Å². The van der Waals surface area contributed by atoms with Crippen molar-refractivity contribution in [1.29, 1.82) is 0 Å². The number of carboxylic acids is 1. The Morgan fingerprint density at radius 1 is 1.50 bits per heavy atom. The molecular weight excluding hydrogens is 306 g/mol. The largest absolute Gasteiger partial charge is 0.480 e. The Labute approximate surface area is 124 Å². The molecule has 20 heavy (non-hydrogen) atoms. The summed E-state index contributed by atoms with van der Waals surface area (Å²) in [6.07, 6.45) is -0.459. The predicted octanol–water partition coefficient (Wildman–Crippen LogP) is 0.872. The third-order valence-electron chi connectivity index (χ3n) is 2.37. The van der Waals surface area contributed by atoms with E-state index in [1.165, 1.54) is 23.3 Å². The van der Waals surface area contributed by atoms with Gasteiger partial charge in [0, 0.05) is 11.9 Å². The van der Waals surface area contributed by atoms with Crippen LogP contribution in [0, 0.1) is 0 Å². The van der Waals surface area contributed by atoms with Crippen LogP contribution in [-0.2, 0) is 16.1 Å². The molecule has 1 aromatic heterocycles. The van der Waals surface area contributed by atoms with Crippen molar-refractivity contribution in [3.05, 3.63) is 21.3 Å². The van der Waals surface area contributed by atoms with Crippen LogP contribution in [0.15, 0.2) is 12.1 Å². The van der Waals surface area contributed by atoms with E-state index >= 15 is 0 Å². The molecule has 0 saturated heterocycles. The number of aliphatic carboxylic acids is 1. The highest BCUT2D eigenvalue weighted by atomic mass is 35.5. The van der Waals surface area contributed by atoms with Crippen molar-refractivity contribution < 1.29 is 19.5 Å². The molecule has 4 N–H and O–H groups in total. The topological polar surface area (TPSA) is 113 Å². The number of thiophene rings is 1. The standard InChI is InChI=1S/C11H14ClN3O4S/c1-15(5-6-2-3-8(12)20-6)11(19)14-7(10(17)18)4-9(13)16/h2-3,7H,4-5H2,1H3,(H2,13,16)(H,14,19)(H,17,18)/t7-/m0/s1. The minimum atomic E-state index is -1.34.